The Hall–Kier alpha value is -1.72. The van der Waals surface area contributed by atoms with Crippen molar-refractivity contribution in [1.82, 2.24) is 4.98 Å². The number of carbonyl (C=O) groups is 1. The van der Waals surface area contributed by atoms with Crippen LogP contribution in [0.5, 0.6) is 0 Å². The molecular formula is C17H21NO3S. The number of thiazole rings is 1. The first-order valence-corrected chi connectivity index (χ1v) is 8.43. The average Bonchev–Trinajstić information content (AvgIpc) is 2.99. The minimum atomic E-state index is -0.711. The van der Waals surface area contributed by atoms with Gasteiger partial charge >= 0.3 is 5.97 Å². The molecule has 118 valence electrons. The number of aromatic nitrogens is 1. The molecule has 1 heterocycles. The summed E-state index contributed by atoms with van der Waals surface area (Å²) in [4.78, 5) is 15.1. The van der Waals surface area contributed by atoms with E-state index in [1.54, 1.807) is 11.3 Å². The molecule has 0 unspecified atom stereocenters. The number of carboxylic acid groups (broad SMARTS) is 1. The van der Waals surface area contributed by atoms with Crippen LogP contribution in [0.1, 0.15) is 42.7 Å². The van der Waals surface area contributed by atoms with Crippen molar-refractivity contribution in [2.24, 2.45) is 0 Å². The number of carboxylic acids is 1. The van der Waals surface area contributed by atoms with Gasteiger partial charge in [0, 0.05) is 17.4 Å². The standard InChI is InChI=1S/C17H21NO3S/c19-11-13-7-9-14(10-8-13)15-12-22-16(18-15)5-3-1-2-4-6-17(20)21/h7-10,12,19H,1-6,11H2,(H,20,21). The van der Waals surface area contributed by atoms with Crippen LogP contribution in [0, 0.1) is 0 Å². The van der Waals surface area contributed by atoms with Gasteiger partial charge in [0.1, 0.15) is 0 Å². The van der Waals surface area contributed by atoms with Gasteiger partial charge in [0.25, 0.3) is 0 Å². The first kappa shape index (κ1) is 16.6. The third-order valence-corrected chi connectivity index (χ3v) is 4.42. The van der Waals surface area contributed by atoms with E-state index in [0.29, 0.717) is 0 Å². The molecule has 22 heavy (non-hydrogen) atoms. The lowest BCUT2D eigenvalue weighted by molar-refractivity contribution is -0.137. The molecule has 1 aromatic carbocycles. The number of unbranched alkanes of at least 4 members (excludes halogenated alkanes) is 3. The Balaban J connectivity index is 1.77. The number of hydrogen-bond acceptors (Lipinski definition) is 4. The molecule has 0 atom stereocenters. The summed E-state index contributed by atoms with van der Waals surface area (Å²) in [5.41, 5.74) is 2.96. The summed E-state index contributed by atoms with van der Waals surface area (Å²) in [6.45, 7) is 0.0600. The fraction of sp³-hybridized carbons (Fsp3) is 0.412. The highest BCUT2D eigenvalue weighted by atomic mass is 32.1. The second-order valence-electron chi connectivity index (χ2n) is 5.29. The predicted octanol–water partition coefficient (Wildman–Crippen LogP) is 3.88. The van der Waals surface area contributed by atoms with Gasteiger partial charge in [0.2, 0.25) is 0 Å². The molecule has 4 nitrogen and oxygen atoms in total. The van der Waals surface area contributed by atoms with E-state index in [4.69, 9.17) is 10.2 Å². The van der Waals surface area contributed by atoms with E-state index in [1.807, 2.05) is 24.3 Å². The minimum absolute atomic E-state index is 0.0600. The number of nitrogens with zero attached hydrogens (tertiary/aromatic N) is 1. The molecule has 0 radical (unpaired) electrons. The summed E-state index contributed by atoms with van der Waals surface area (Å²) < 4.78 is 0. The first-order valence-electron chi connectivity index (χ1n) is 7.55. The van der Waals surface area contributed by atoms with Crippen LogP contribution in [-0.2, 0) is 17.8 Å². The van der Waals surface area contributed by atoms with Crippen LogP contribution in [0.4, 0.5) is 0 Å². The maximum absolute atomic E-state index is 10.4. The maximum Gasteiger partial charge on any atom is 0.303 e. The molecule has 0 aliphatic rings. The summed E-state index contributed by atoms with van der Waals surface area (Å²) in [6.07, 6.45) is 5.05. The SMILES string of the molecule is O=C(O)CCCCCCc1nc(-c2ccc(CO)cc2)cs1. The molecule has 0 saturated carbocycles. The molecular weight excluding hydrogens is 298 g/mol. The van der Waals surface area contributed by atoms with Gasteiger partial charge in [0.15, 0.2) is 0 Å². The lowest BCUT2D eigenvalue weighted by Crippen LogP contribution is -1.93. The van der Waals surface area contributed by atoms with E-state index in [1.165, 1.54) is 0 Å². The Kier molecular flexibility index (Phi) is 6.55. The third kappa shape index (κ3) is 5.24. The molecule has 0 fully saturated rings. The third-order valence-electron chi connectivity index (χ3n) is 3.52. The average molecular weight is 319 g/mol. The van der Waals surface area contributed by atoms with Gasteiger partial charge in [-0.15, -0.1) is 11.3 Å². The summed E-state index contributed by atoms with van der Waals surface area (Å²) in [7, 11) is 0. The van der Waals surface area contributed by atoms with E-state index in [2.05, 4.69) is 10.4 Å². The molecule has 2 N–H and O–H groups in total. The van der Waals surface area contributed by atoms with Gasteiger partial charge < -0.3 is 10.2 Å². The van der Waals surface area contributed by atoms with E-state index in [0.717, 1.165) is 53.9 Å². The van der Waals surface area contributed by atoms with Gasteiger partial charge in [-0.05, 0) is 24.8 Å². The summed E-state index contributed by atoms with van der Waals surface area (Å²) >= 11 is 1.67. The molecule has 1 aromatic heterocycles. The topological polar surface area (TPSA) is 70.4 Å². The second kappa shape index (κ2) is 8.66. The number of hydrogen-bond donors (Lipinski definition) is 2. The van der Waals surface area contributed by atoms with Crippen molar-refractivity contribution >= 4 is 17.3 Å². The molecule has 2 aromatic rings. The zero-order valence-corrected chi connectivity index (χ0v) is 13.3. The number of benzene rings is 1. The number of aliphatic hydroxyl groups excluding tert-OH is 1. The zero-order chi connectivity index (χ0) is 15.8. The number of rotatable bonds is 9. The number of aliphatic carboxylic acids is 1. The van der Waals surface area contributed by atoms with E-state index < -0.39 is 5.97 Å². The quantitative estimate of drug-likeness (QED) is 0.688. The van der Waals surface area contributed by atoms with Crippen LogP contribution in [0.3, 0.4) is 0 Å². The zero-order valence-electron chi connectivity index (χ0n) is 12.5. The predicted molar refractivity (Wildman–Crippen MR) is 87.9 cm³/mol. The van der Waals surface area contributed by atoms with Gasteiger partial charge in [-0.2, -0.15) is 0 Å². The fourth-order valence-corrected chi connectivity index (χ4v) is 3.09. The van der Waals surface area contributed by atoms with Crippen LogP contribution in [0.25, 0.3) is 11.3 Å². The van der Waals surface area contributed by atoms with Gasteiger partial charge in [-0.3, -0.25) is 4.79 Å². The number of aliphatic hydroxyl groups is 1. The van der Waals surface area contributed by atoms with Gasteiger partial charge in [-0.1, -0.05) is 37.1 Å². The van der Waals surface area contributed by atoms with Crippen molar-refractivity contribution in [2.75, 3.05) is 0 Å². The molecule has 5 heteroatoms. The molecule has 0 spiro atoms. The van der Waals surface area contributed by atoms with Crippen molar-refractivity contribution in [3.63, 3.8) is 0 Å². The van der Waals surface area contributed by atoms with Crippen LogP contribution in [0.2, 0.25) is 0 Å². The van der Waals surface area contributed by atoms with E-state index >= 15 is 0 Å². The van der Waals surface area contributed by atoms with Gasteiger partial charge in [-0.25, -0.2) is 4.98 Å². The van der Waals surface area contributed by atoms with Crippen molar-refractivity contribution in [3.05, 3.63) is 40.2 Å². The molecule has 2 rings (SSSR count). The molecule has 0 aliphatic heterocycles. The normalized spacial score (nSPS) is 10.8. The Labute approximate surface area is 134 Å². The summed E-state index contributed by atoms with van der Waals surface area (Å²) in [5.74, 6) is -0.711. The Morgan fingerprint density at radius 3 is 2.50 bits per heavy atom. The Bertz CT molecular complexity index is 592. The molecule has 0 amide bonds. The van der Waals surface area contributed by atoms with Crippen molar-refractivity contribution in [2.45, 2.75) is 45.1 Å². The smallest absolute Gasteiger partial charge is 0.303 e. The lowest BCUT2D eigenvalue weighted by atomic mass is 10.1. The Morgan fingerprint density at radius 2 is 1.82 bits per heavy atom. The highest BCUT2D eigenvalue weighted by Crippen LogP contribution is 2.23. The number of aryl methyl sites for hydroxylation is 1. The van der Waals surface area contributed by atoms with Crippen LogP contribution >= 0.6 is 11.3 Å². The monoisotopic (exact) mass is 319 g/mol. The molecule has 0 bridgehead atoms. The van der Waals surface area contributed by atoms with Crippen molar-refractivity contribution in [1.29, 1.82) is 0 Å². The van der Waals surface area contributed by atoms with E-state index in [-0.39, 0.29) is 13.0 Å². The van der Waals surface area contributed by atoms with Crippen LogP contribution < -0.4 is 0 Å². The van der Waals surface area contributed by atoms with Gasteiger partial charge in [0.05, 0.1) is 17.3 Å². The van der Waals surface area contributed by atoms with Crippen molar-refractivity contribution in [3.8, 4) is 11.3 Å². The molecule has 0 saturated heterocycles. The highest BCUT2D eigenvalue weighted by molar-refractivity contribution is 7.09. The lowest BCUT2D eigenvalue weighted by Gasteiger charge is -1.99. The maximum atomic E-state index is 10.4. The fourth-order valence-electron chi connectivity index (χ4n) is 2.25. The summed E-state index contributed by atoms with van der Waals surface area (Å²) in [5, 5.41) is 20.8. The largest absolute Gasteiger partial charge is 0.481 e. The highest BCUT2D eigenvalue weighted by Gasteiger charge is 2.05. The summed E-state index contributed by atoms with van der Waals surface area (Å²) in [6, 6.07) is 7.79. The molecule has 0 aliphatic carbocycles. The van der Waals surface area contributed by atoms with Crippen LogP contribution in [-0.4, -0.2) is 21.2 Å². The van der Waals surface area contributed by atoms with E-state index in [9.17, 15) is 4.79 Å². The van der Waals surface area contributed by atoms with Crippen LogP contribution in [0.15, 0.2) is 29.6 Å². The second-order valence-corrected chi connectivity index (χ2v) is 6.23. The van der Waals surface area contributed by atoms with Crippen molar-refractivity contribution < 1.29 is 15.0 Å². The Morgan fingerprint density at radius 1 is 1.09 bits per heavy atom. The minimum Gasteiger partial charge on any atom is -0.481 e. The first-order chi connectivity index (χ1) is 10.7.